The number of fused-ring (bicyclic) bond motifs is 1. The van der Waals surface area contributed by atoms with Gasteiger partial charge in [0.2, 0.25) is 0 Å². The van der Waals surface area contributed by atoms with Crippen LogP contribution in [0.15, 0.2) is 30.3 Å². The van der Waals surface area contributed by atoms with Gasteiger partial charge in [0.05, 0.1) is 24.6 Å². The number of nitrogens with zero attached hydrogens (tertiary/aromatic N) is 6. The summed E-state index contributed by atoms with van der Waals surface area (Å²) >= 11 is 0. The Bertz CT molecular complexity index is 1540. The summed E-state index contributed by atoms with van der Waals surface area (Å²) in [4.78, 5) is 16.7. The molecule has 0 aliphatic heterocycles. The number of carboxylic acids is 1. The molecule has 1 N–H and O–H groups in total. The minimum absolute atomic E-state index is 0. The van der Waals surface area contributed by atoms with Gasteiger partial charge in [-0.25, -0.2) is 0 Å². The molecule has 2 aliphatic carbocycles. The highest BCUT2D eigenvalue weighted by molar-refractivity contribution is 5.85. The van der Waals surface area contributed by atoms with Gasteiger partial charge < -0.3 is 14.9 Å². The molecule has 2 aliphatic rings. The summed E-state index contributed by atoms with van der Waals surface area (Å²) in [7, 11) is 1.53. The number of anilines is 2. The number of aryl methyl sites for hydroxylation is 3. The molecule has 8 nitrogen and oxygen atoms in total. The molecule has 0 amide bonds. The fraction of sp³-hybridized carbons (Fsp3) is 0.576. The Morgan fingerprint density at radius 1 is 0.917 bits per heavy atom. The lowest BCUT2D eigenvalue weighted by atomic mass is 9.79. The van der Waals surface area contributed by atoms with Crippen LogP contribution in [0.2, 0.25) is 0 Å². The molecular formula is C33H41ClF6N6O2. The van der Waals surface area contributed by atoms with Crippen molar-refractivity contribution >= 4 is 30.0 Å². The van der Waals surface area contributed by atoms with E-state index in [0.717, 1.165) is 74.8 Å². The molecule has 1 saturated carbocycles. The smallest absolute Gasteiger partial charge is 0.416 e. The lowest BCUT2D eigenvalue weighted by Gasteiger charge is -2.33. The molecule has 3 aromatic rings. The zero-order valence-corrected chi connectivity index (χ0v) is 27.8. The summed E-state index contributed by atoms with van der Waals surface area (Å²) in [6.07, 6.45) is -1.89. The second-order valence-corrected chi connectivity index (χ2v) is 12.9. The quantitative estimate of drug-likeness (QED) is 0.183. The maximum Gasteiger partial charge on any atom is 0.416 e. The Morgan fingerprint density at radius 3 is 2.08 bits per heavy atom. The van der Waals surface area contributed by atoms with Crippen LogP contribution in [0.25, 0.3) is 0 Å². The fourth-order valence-electron chi connectivity index (χ4n) is 7.18. The van der Waals surface area contributed by atoms with Crippen LogP contribution in [0.3, 0.4) is 0 Å². The molecule has 0 saturated heterocycles. The second kappa shape index (κ2) is 14.9. The highest BCUT2D eigenvalue weighted by Gasteiger charge is 2.38. The van der Waals surface area contributed by atoms with Crippen LogP contribution in [0.1, 0.15) is 85.3 Å². The Morgan fingerprint density at radius 2 is 1.54 bits per heavy atom. The normalized spacial score (nSPS) is 15.7. The highest BCUT2D eigenvalue weighted by Crippen LogP contribution is 2.45. The van der Waals surface area contributed by atoms with Gasteiger partial charge in [-0.1, -0.05) is 24.0 Å². The van der Waals surface area contributed by atoms with Crippen LogP contribution in [0, 0.1) is 5.41 Å². The molecule has 1 fully saturated rings. The van der Waals surface area contributed by atoms with Gasteiger partial charge in [-0.05, 0) is 109 Å². The predicted octanol–water partition coefficient (Wildman–Crippen LogP) is 7.66. The van der Waals surface area contributed by atoms with Crippen LogP contribution in [0.4, 0.5) is 38.0 Å². The van der Waals surface area contributed by atoms with Crippen molar-refractivity contribution in [3.05, 3.63) is 63.7 Å². The van der Waals surface area contributed by atoms with Gasteiger partial charge in [-0.2, -0.15) is 31.1 Å². The third-order valence-corrected chi connectivity index (χ3v) is 9.57. The number of benzene rings is 2. The first kappa shape index (κ1) is 37.3. The zero-order chi connectivity index (χ0) is 34.0. The van der Waals surface area contributed by atoms with Crippen LogP contribution >= 0.6 is 12.4 Å². The monoisotopic (exact) mass is 702 g/mol. The number of hydrogen-bond acceptors (Lipinski definition) is 6. The molecule has 15 heteroatoms. The Balaban J connectivity index is 0.00000520. The number of rotatable bonds is 13. The molecule has 1 aromatic heterocycles. The number of halogens is 7. The largest absolute Gasteiger partial charge is 0.481 e. The average molecular weight is 703 g/mol. The number of carbonyl (C=O) groups is 1. The van der Waals surface area contributed by atoms with Gasteiger partial charge >= 0.3 is 18.3 Å². The number of alkyl halides is 6. The standard InChI is InChI=1S/C33H40F6N6O2.ClH/c1-3-44(14-12-31(20-29(46)47)10-4-5-11-31)28-18-24-8-6-7-23(24)17-25(28)9-13-45(30-40-42-43(2)41-30)21-22-15-26(32(34,35)36)19-27(16-22)33(37,38)39;/h15-19H,3-14,20-21H2,1-2H3,(H,46,47);1H. The Kier molecular flexibility index (Phi) is 11.6. The third-order valence-electron chi connectivity index (χ3n) is 9.57. The Hall–Kier alpha value is -3.55. The highest BCUT2D eigenvalue weighted by atomic mass is 35.5. The van der Waals surface area contributed by atoms with Gasteiger partial charge in [-0.3, -0.25) is 4.79 Å². The van der Waals surface area contributed by atoms with E-state index in [1.807, 2.05) is 0 Å². The van der Waals surface area contributed by atoms with E-state index in [4.69, 9.17) is 0 Å². The first-order valence-corrected chi connectivity index (χ1v) is 16.0. The molecule has 264 valence electrons. The maximum atomic E-state index is 13.6. The topological polar surface area (TPSA) is 87.4 Å². The van der Waals surface area contributed by atoms with Crippen molar-refractivity contribution in [2.24, 2.45) is 12.5 Å². The van der Waals surface area contributed by atoms with Gasteiger partial charge in [0.1, 0.15) is 0 Å². The number of hydrogen-bond donors (Lipinski definition) is 1. The lowest BCUT2D eigenvalue weighted by molar-refractivity contribution is -0.143. The van der Waals surface area contributed by atoms with E-state index in [9.17, 15) is 36.2 Å². The average Bonchev–Trinajstić information content (AvgIpc) is 3.75. The van der Waals surface area contributed by atoms with E-state index in [1.165, 1.54) is 23.0 Å². The fourth-order valence-corrected chi connectivity index (χ4v) is 7.18. The van der Waals surface area contributed by atoms with Crippen LogP contribution in [-0.4, -0.2) is 50.9 Å². The van der Waals surface area contributed by atoms with E-state index in [2.05, 4.69) is 39.4 Å². The third kappa shape index (κ3) is 8.91. The van der Waals surface area contributed by atoms with E-state index >= 15 is 0 Å². The molecule has 0 atom stereocenters. The van der Waals surface area contributed by atoms with Crippen molar-refractivity contribution in [3.8, 4) is 0 Å². The van der Waals surface area contributed by atoms with E-state index in [-0.39, 0.29) is 54.9 Å². The summed E-state index contributed by atoms with van der Waals surface area (Å²) in [5.74, 6) is -0.695. The van der Waals surface area contributed by atoms with Gasteiger partial charge in [0.25, 0.3) is 5.95 Å². The van der Waals surface area contributed by atoms with Crippen LogP contribution in [0.5, 0.6) is 0 Å². The molecule has 0 radical (unpaired) electrons. The lowest BCUT2D eigenvalue weighted by Crippen LogP contribution is -2.32. The van der Waals surface area contributed by atoms with E-state index in [1.54, 1.807) is 4.90 Å². The van der Waals surface area contributed by atoms with Crippen molar-refractivity contribution in [3.63, 3.8) is 0 Å². The maximum absolute atomic E-state index is 13.6. The van der Waals surface area contributed by atoms with E-state index in [0.29, 0.717) is 19.5 Å². The predicted molar refractivity (Wildman–Crippen MR) is 171 cm³/mol. The molecule has 48 heavy (non-hydrogen) atoms. The SMILES string of the molecule is CCN(CCC1(CC(=O)O)CCCC1)c1cc2c(cc1CCN(Cc1cc(C(F)(F)F)cc(C(F)(F)F)c1)c1nnn(C)n1)CCC2.Cl. The summed E-state index contributed by atoms with van der Waals surface area (Å²) in [5.41, 5.74) is 1.35. The van der Waals surface area contributed by atoms with Gasteiger partial charge in [0.15, 0.2) is 0 Å². The summed E-state index contributed by atoms with van der Waals surface area (Å²) in [6, 6.07) is 5.95. The van der Waals surface area contributed by atoms with Crippen molar-refractivity contribution in [1.29, 1.82) is 0 Å². The first-order valence-electron chi connectivity index (χ1n) is 16.0. The number of tetrazole rings is 1. The molecule has 2 aromatic carbocycles. The zero-order valence-electron chi connectivity index (χ0n) is 27.0. The Labute approximate surface area is 281 Å². The van der Waals surface area contributed by atoms with Crippen molar-refractivity contribution in [1.82, 2.24) is 20.2 Å². The number of aromatic nitrogens is 4. The molecule has 1 heterocycles. The van der Waals surface area contributed by atoms with Crippen LogP contribution in [-0.2, 0) is 50.0 Å². The summed E-state index contributed by atoms with van der Waals surface area (Å²) in [5, 5.41) is 21.7. The first-order chi connectivity index (χ1) is 22.2. The van der Waals surface area contributed by atoms with Crippen molar-refractivity contribution in [2.45, 2.75) is 90.0 Å². The van der Waals surface area contributed by atoms with Crippen molar-refractivity contribution < 1.29 is 36.2 Å². The minimum atomic E-state index is -4.96. The molecule has 0 unspecified atom stereocenters. The molecule has 0 bridgehead atoms. The second-order valence-electron chi connectivity index (χ2n) is 12.9. The van der Waals surface area contributed by atoms with E-state index < -0.39 is 29.4 Å². The van der Waals surface area contributed by atoms with Gasteiger partial charge in [0, 0.05) is 31.9 Å². The van der Waals surface area contributed by atoms with Crippen LogP contribution < -0.4 is 9.80 Å². The van der Waals surface area contributed by atoms with Gasteiger partial charge in [-0.15, -0.1) is 17.5 Å². The summed E-state index contributed by atoms with van der Waals surface area (Å²) < 4.78 is 81.8. The summed E-state index contributed by atoms with van der Waals surface area (Å²) in [6.45, 7) is 3.32. The number of aliphatic carboxylic acids is 1. The molecular weight excluding hydrogens is 662 g/mol. The molecule has 0 spiro atoms. The van der Waals surface area contributed by atoms with Crippen molar-refractivity contribution in [2.75, 3.05) is 29.4 Å². The molecule has 5 rings (SSSR count). The number of carboxylic acid groups (broad SMARTS) is 1. The minimum Gasteiger partial charge on any atom is -0.481 e.